The molecule has 1 N–H and O–H groups in total. The van der Waals surface area contributed by atoms with Gasteiger partial charge in [-0.05, 0) is 43.6 Å². The summed E-state index contributed by atoms with van der Waals surface area (Å²) in [6.45, 7) is 1.78. The van der Waals surface area contributed by atoms with Crippen molar-refractivity contribution in [3.63, 3.8) is 0 Å². The number of carbonyl (C=O) groups excluding carboxylic acids is 1. The van der Waals surface area contributed by atoms with Crippen LogP contribution in [0.25, 0.3) is 0 Å². The van der Waals surface area contributed by atoms with E-state index in [0.717, 1.165) is 38.1 Å². The van der Waals surface area contributed by atoms with E-state index in [0.29, 0.717) is 5.56 Å². The van der Waals surface area contributed by atoms with Crippen LogP contribution in [0.5, 0.6) is 0 Å². The van der Waals surface area contributed by atoms with E-state index >= 15 is 0 Å². The zero-order valence-electron chi connectivity index (χ0n) is 12.3. The summed E-state index contributed by atoms with van der Waals surface area (Å²) in [5, 5.41) is 3.23. The van der Waals surface area contributed by atoms with Gasteiger partial charge in [0, 0.05) is 13.1 Å². The van der Waals surface area contributed by atoms with Crippen LogP contribution in [0.15, 0.2) is 24.3 Å². The highest BCUT2D eigenvalue weighted by molar-refractivity contribution is 5.85. The molecule has 0 aromatic heterocycles. The Labute approximate surface area is 134 Å². The number of hydrogen-bond donors (Lipinski definition) is 1. The molecule has 0 radical (unpaired) electrons. The van der Waals surface area contributed by atoms with Gasteiger partial charge in [0.2, 0.25) is 5.91 Å². The van der Waals surface area contributed by atoms with Crippen molar-refractivity contribution in [2.75, 3.05) is 20.1 Å². The van der Waals surface area contributed by atoms with E-state index in [4.69, 9.17) is 0 Å². The van der Waals surface area contributed by atoms with Gasteiger partial charge in [-0.25, -0.2) is 0 Å². The van der Waals surface area contributed by atoms with Gasteiger partial charge in [-0.1, -0.05) is 12.1 Å². The molecule has 0 saturated carbocycles. The average Bonchev–Trinajstić information content (AvgIpc) is 2.47. The second-order valence-corrected chi connectivity index (χ2v) is 5.36. The van der Waals surface area contributed by atoms with Crippen LogP contribution in [0, 0.1) is 0 Å². The van der Waals surface area contributed by atoms with Crippen LogP contribution >= 0.6 is 12.4 Å². The lowest BCUT2D eigenvalue weighted by atomic mass is 10.0. The third-order valence-electron chi connectivity index (χ3n) is 3.89. The Kier molecular flexibility index (Phi) is 6.68. The third kappa shape index (κ3) is 4.88. The standard InChI is InChI=1S/C15H19F3N2O.ClH/c1-20(13-6-8-19-9-7-13)14(21)10-11-2-4-12(5-3-11)15(16,17)18;/h2-5,13,19H,6-10H2,1H3;1H. The molecule has 3 nitrogen and oxygen atoms in total. The summed E-state index contributed by atoms with van der Waals surface area (Å²) in [4.78, 5) is 13.9. The van der Waals surface area contributed by atoms with Crippen LogP contribution in [0.2, 0.25) is 0 Å². The van der Waals surface area contributed by atoms with Crippen molar-refractivity contribution in [3.8, 4) is 0 Å². The molecule has 1 saturated heterocycles. The molecular formula is C15H20ClF3N2O. The smallest absolute Gasteiger partial charge is 0.342 e. The lowest BCUT2D eigenvalue weighted by Crippen LogP contribution is -2.44. The van der Waals surface area contributed by atoms with Gasteiger partial charge in [-0.2, -0.15) is 13.2 Å². The van der Waals surface area contributed by atoms with Crippen molar-refractivity contribution in [3.05, 3.63) is 35.4 Å². The number of benzene rings is 1. The second kappa shape index (κ2) is 7.83. The van der Waals surface area contributed by atoms with Gasteiger partial charge in [0.05, 0.1) is 12.0 Å². The average molecular weight is 337 g/mol. The van der Waals surface area contributed by atoms with E-state index in [1.165, 1.54) is 12.1 Å². The van der Waals surface area contributed by atoms with Crippen molar-refractivity contribution in [2.24, 2.45) is 0 Å². The second-order valence-electron chi connectivity index (χ2n) is 5.36. The first-order valence-corrected chi connectivity index (χ1v) is 7.00. The Morgan fingerprint density at radius 3 is 2.27 bits per heavy atom. The molecule has 0 unspecified atom stereocenters. The van der Waals surface area contributed by atoms with E-state index in [1.54, 1.807) is 11.9 Å². The summed E-state index contributed by atoms with van der Waals surface area (Å²) in [5.74, 6) is -0.0540. The summed E-state index contributed by atoms with van der Waals surface area (Å²) >= 11 is 0. The monoisotopic (exact) mass is 336 g/mol. The van der Waals surface area contributed by atoms with Crippen LogP contribution in [-0.4, -0.2) is 37.0 Å². The van der Waals surface area contributed by atoms with Gasteiger partial charge in [0.25, 0.3) is 0 Å². The Bertz CT molecular complexity index is 485. The predicted octanol–water partition coefficient (Wildman–Crippen LogP) is 2.88. The highest BCUT2D eigenvalue weighted by Crippen LogP contribution is 2.29. The Hall–Kier alpha value is -1.27. The van der Waals surface area contributed by atoms with E-state index in [1.807, 2.05) is 0 Å². The van der Waals surface area contributed by atoms with Crippen LogP contribution in [-0.2, 0) is 17.4 Å². The van der Waals surface area contributed by atoms with Crippen LogP contribution in [0.4, 0.5) is 13.2 Å². The van der Waals surface area contributed by atoms with E-state index < -0.39 is 11.7 Å². The maximum atomic E-state index is 12.5. The first-order valence-electron chi connectivity index (χ1n) is 7.00. The number of likely N-dealkylation sites (N-methyl/N-ethyl adjacent to an activating group) is 1. The molecule has 1 heterocycles. The summed E-state index contributed by atoms with van der Waals surface area (Å²) in [6, 6.07) is 5.00. The fourth-order valence-corrected chi connectivity index (χ4v) is 2.51. The topological polar surface area (TPSA) is 32.3 Å². The molecule has 0 atom stereocenters. The molecule has 0 spiro atoms. The molecule has 0 aliphatic carbocycles. The number of piperidine rings is 1. The molecule has 7 heteroatoms. The molecule has 2 rings (SSSR count). The highest BCUT2D eigenvalue weighted by atomic mass is 35.5. The Morgan fingerprint density at radius 1 is 1.23 bits per heavy atom. The fourth-order valence-electron chi connectivity index (χ4n) is 2.51. The van der Waals surface area contributed by atoms with Crippen LogP contribution in [0.1, 0.15) is 24.0 Å². The molecule has 1 aliphatic rings. The molecule has 1 aromatic carbocycles. The largest absolute Gasteiger partial charge is 0.416 e. The number of rotatable bonds is 3. The third-order valence-corrected chi connectivity index (χ3v) is 3.89. The fraction of sp³-hybridized carbons (Fsp3) is 0.533. The van der Waals surface area contributed by atoms with Crippen LogP contribution in [0.3, 0.4) is 0 Å². The van der Waals surface area contributed by atoms with Gasteiger partial charge in [-0.15, -0.1) is 12.4 Å². The van der Waals surface area contributed by atoms with Gasteiger partial charge in [0.1, 0.15) is 0 Å². The maximum Gasteiger partial charge on any atom is 0.416 e. The highest BCUT2D eigenvalue weighted by Gasteiger charge is 2.30. The van der Waals surface area contributed by atoms with Gasteiger partial charge in [0.15, 0.2) is 0 Å². The van der Waals surface area contributed by atoms with E-state index in [-0.39, 0.29) is 30.8 Å². The molecule has 1 fully saturated rings. The number of amides is 1. The zero-order valence-corrected chi connectivity index (χ0v) is 13.1. The number of halogens is 4. The number of nitrogens with zero attached hydrogens (tertiary/aromatic N) is 1. The summed E-state index contributed by atoms with van der Waals surface area (Å²) in [7, 11) is 1.77. The van der Waals surface area contributed by atoms with Gasteiger partial charge in [-0.3, -0.25) is 4.79 Å². The van der Waals surface area contributed by atoms with Gasteiger partial charge < -0.3 is 10.2 Å². The lowest BCUT2D eigenvalue weighted by Gasteiger charge is -2.31. The normalized spacial score (nSPS) is 16.0. The van der Waals surface area contributed by atoms with Crippen molar-refractivity contribution < 1.29 is 18.0 Å². The van der Waals surface area contributed by atoms with Crippen molar-refractivity contribution in [1.29, 1.82) is 0 Å². The van der Waals surface area contributed by atoms with Crippen molar-refractivity contribution >= 4 is 18.3 Å². The minimum Gasteiger partial charge on any atom is -0.342 e. The Balaban J connectivity index is 0.00000242. The number of nitrogens with one attached hydrogen (secondary N) is 1. The molecule has 1 aliphatic heterocycles. The van der Waals surface area contributed by atoms with Crippen molar-refractivity contribution in [2.45, 2.75) is 31.5 Å². The SMILES string of the molecule is CN(C(=O)Cc1ccc(C(F)(F)F)cc1)C1CCNCC1.Cl. The summed E-state index contributed by atoms with van der Waals surface area (Å²) in [5.41, 5.74) is -0.0841. The minimum absolute atomic E-state index is 0. The number of alkyl halides is 3. The van der Waals surface area contributed by atoms with Crippen LogP contribution < -0.4 is 5.32 Å². The van der Waals surface area contributed by atoms with E-state index in [9.17, 15) is 18.0 Å². The maximum absolute atomic E-state index is 12.5. The molecule has 0 bridgehead atoms. The molecule has 1 amide bonds. The summed E-state index contributed by atoms with van der Waals surface area (Å²) < 4.78 is 37.4. The minimum atomic E-state index is -4.34. The molecule has 22 heavy (non-hydrogen) atoms. The van der Waals surface area contributed by atoms with Gasteiger partial charge >= 0.3 is 6.18 Å². The first kappa shape index (κ1) is 18.8. The quantitative estimate of drug-likeness (QED) is 0.920. The Morgan fingerprint density at radius 2 is 1.77 bits per heavy atom. The van der Waals surface area contributed by atoms with E-state index in [2.05, 4.69) is 5.32 Å². The molecule has 1 aromatic rings. The molecular weight excluding hydrogens is 317 g/mol. The predicted molar refractivity (Wildman–Crippen MR) is 81.1 cm³/mol. The lowest BCUT2D eigenvalue weighted by molar-refractivity contribution is -0.137. The zero-order chi connectivity index (χ0) is 15.5. The number of carbonyl (C=O) groups is 1. The number of hydrogen-bond acceptors (Lipinski definition) is 2. The first-order chi connectivity index (χ1) is 9.88. The van der Waals surface area contributed by atoms with Crippen molar-refractivity contribution in [1.82, 2.24) is 10.2 Å². The molecule has 124 valence electrons. The summed E-state index contributed by atoms with van der Waals surface area (Å²) in [6.07, 6.45) is -2.38.